The van der Waals surface area contributed by atoms with Gasteiger partial charge in [0.1, 0.15) is 0 Å². The monoisotopic (exact) mass is 240 g/mol. The number of rotatable bonds is 3. The van der Waals surface area contributed by atoms with Crippen molar-refractivity contribution in [3.63, 3.8) is 0 Å². The quantitative estimate of drug-likeness (QED) is 0.596. The number of esters is 1. The van der Waals surface area contributed by atoms with Crippen LogP contribution >= 0.6 is 11.6 Å². The Morgan fingerprint density at radius 3 is 2.50 bits per heavy atom. The van der Waals surface area contributed by atoms with E-state index in [0.29, 0.717) is 5.92 Å². The van der Waals surface area contributed by atoms with E-state index in [-0.39, 0.29) is 0 Å². The molecule has 16 heavy (non-hydrogen) atoms. The van der Waals surface area contributed by atoms with Crippen molar-refractivity contribution in [2.45, 2.75) is 32.1 Å². The highest BCUT2D eigenvalue weighted by Gasteiger charge is 2.20. The Balaban J connectivity index is 3.11. The van der Waals surface area contributed by atoms with Crippen molar-refractivity contribution in [1.29, 1.82) is 0 Å². The number of alkyl halides is 1. The largest absolute Gasteiger partial charge is 0.468 e. The van der Waals surface area contributed by atoms with Crippen LogP contribution in [0.4, 0.5) is 0 Å². The maximum absolute atomic E-state index is 11.4. The molecule has 1 atom stereocenters. The number of methoxy groups -OCH3 is 1. The third-order valence-electron chi connectivity index (χ3n) is 2.65. The first-order chi connectivity index (χ1) is 7.47. The molecule has 0 spiro atoms. The third kappa shape index (κ3) is 2.76. The third-order valence-corrected chi connectivity index (χ3v) is 3.06. The lowest BCUT2D eigenvalue weighted by molar-refractivity contribution is -0.140. The summed E-state index contributed by atoms with van der Waals surface area (Å²) in [4.78, 5) is 11.4. The first-order valence-corrected chi connectivity index (χ1v) is 5.73. The van der Waals surface area contributed by atoms with Gasteiger partial charge < -0.3 is 4.74 Å². The van der Waals surface area contributed by atoms with Crippen molar-refractivity contribution < 1.29 is 9.53 Å². The van der Waals surface area contributed by atoms with Gasteiger partial charge in [-0.1, -0.05) is 32.0 Å². The predicted octanol–water partition coefficient (Wildman–Crippen LogP) is 3.57. The molecule has 2 nitrogen and oxygen atoms in total. The highest BCUT2D eigenvalue weighted by atomic mass is 35.5. The molecule has 0 heterocycles. The number of benzene rings is 1. The Kier molecular flexibility index (Phi) is 4.36. The Morgan fingerprint density at radius 2 is 2.00 bits per heavy atom. The highest BCUT2D eigenvalue weighted by Crippen LogP contribution is 2.28. The van der Waals surface area contributed by atoms with Crippen molar-refractivity contribution >= 4 is 17.6 Å². The van der Waals surface area contributed by atoms with Crippen molar-refractivity contribution in [1.82, 2.24) is 0 Å². The summed E-state index contributed by atoms with van der Waals surface area (Å²) in [5.74, 6) is 0.00605. The number of aryl methyl sites for hydroxylation is 1. The molecular weight excluding hydrogens is 224 g/mol. The molecule has 0 fully saturated rings. The SMILES string of the molecule is COC(=O)C(Cl)c1cc(C(C)C)ccc1C. The van der Waals surface area contributed by atoms with E-state index in [1.165, 1.54) is 12.7 Å². The maximum atomic E-state index is 11.4. The summed E-state index contributed by atoms with van der Waals surface area (Å²) in [5.41, 5.74) is 3.02. The minimum Gasteiger partial charge on any atom is -0.468 e. The summed E-state index contributed by atoms with van der Waals surface area (Å²) in [5, 5.41) is -0.719. The van der Waals surface area contributed by atoms with Gasteiger partial charge in [-0.05, 0) is 29.5 Å². The average molecular weight is 241 g/mol. The van der Waals surface area contributed by atoms with Crippen LogP contribution in [0.25, 0.3) is 0 Å². The van der Waals surface area contributed by atoms with Crippen LogP contribution in [-0.2, 0) is 9.53 Å². The summed E-state index contributed by atoms with van der Waals surface area (Å²) in [6, 6.07) is 6.03. The van der Waals surface area contributed by atoms with Gasteiger partial charge in [0.25, 0.3) is 0 Å². The van der Waals surface area contributed by atoms with Crippen LogP contribution in [-0.4, -0.2) is 13.1 Å². The molecule has 0 bridgehead atoms. The molecule has 0 saturated heterocycles. The Bertz CT molecular complexity index is 386. The Morgan fingerprint density at radius 1 is 1.38 bits per heavy atom. The molecule has 3 heteroatoms. The Labute approximate surface area is 102 Å². The van der Waals surface area contributed by atoms with Crippen LogP contribution in [0.5, 0.6) is 0 Å². The van der Waals surface area contributed by atoms with Crippen LogP contribution in [0.2, 0.25) is 0 Å². The zero-order chi connectivity index (χ0) is 12.3. The van der Waals surface area contributed by atoms with Crippen LogP contribution in [0.1, 0.15) is 41.8 Å². The standard InChI is InChI=1S/C13H17ClO2/c1-8(2)10-6-5-9(3)11(7-10)12(14)13(15)16-4/h5-8,12H,1-4H3. The molecule has 1 unspecified atom stereocenters. The maximum Gasteiger partial charge on any atom is 0.328 e. The second-order valence-corrected chi connectivity index (χ2v) is 4.59. The summed E-state index contributed by atoms with van der Waals surface area (Å²) in [6.07, 6.45) is 0. The van der Waals surface area contributed by atoms with Crippen LogP contribution < -0.4 is 0 Å². The molecule has 0 aliphatic rings. The average Bonchev–Trinajstić information content (AvgIpc) is 2.27. The molecule has 0 amide bonds. The molecule has 1 aromatic carbocycles. The number of hydrogen-bond acceptors (Lipinski definition) is 2. The van der Waals surface area contributed by atoms with E-state index in [0.717, 1.165) is 11.1 Å². The lowest BCUT2D eigenvalue weighted by Crippen LogP contribution is -2.10. The fraction of sp³-hybridized carbons (Fsp3) is 0.462. The fourth-order valence-electron chi connectivity index (χ4n) is 1.52. The number of carbonyl (C=O) groups is 1. The number of carbonyl (C=O) groups excluding carboxylic acids is 1. The molecular formula is C13H17ClO2. The predicted molar refractivity (Wildman–Crippen MR) is 65.9 cm³/mol. The van der Waals surface area contributed by atoms with Gasteiger partial charge in [-0.3, -0.25) is 4.79 Å². The molecule has 0 aromatic heterocycles. The van der Waals surface area contributed by atoms with Gasteiger partial charge in [-0.25, -0.2) is 0 Å². The van der Waals surface area contributed by atoms with Crippen molar-refractivity contribution in [2.24, 2.45) is 0 Å². The smallest absolute Gasteiger partial charge is 0.328 e. The van der Waals surface area contributed by atoms with Crippen molar-refractivity contribution in [2.75, 3.05) is 7.11 Å². The van der Waals surface area contributed by atoms with E-state index in [9.17, 15) is 4.79 Å². The summed E-state index contributed by atoms with van der Waals surface area (Å²) >= 11 is 6.06. The van der Waals surface area contributed by atoms with Gasteiger partial charge in [0.15, 0.2) is 5.38 Å². The van der Waals surface area contributed by atoms with E-state index < -0.39 is 11.3 Å². The molecule has 0 N–H and O–H groups in total. The van der Waals surface area contributed by atoms with E-state index in [1.54, 1.807) is 0 Å². The van der Waals surface area contributed by atoms with E-state index in [4.69, 9.17) is 11.6 Å². The van der Waals surface area contributed by atoms with E-state index >= 15 is 0 Å². The normalized spacial score (nSPS) is 12.6. The first-order valence-electron chi connectivity index (χ1n) is 5.29. The van der Waals surface area contributed by atoms with Gasteiger partial charge in [0, 0.05) is 0 Å². The number of halogens is 1. The molecule has 1 aromatic rings. The van der Waals surface area contributed by atoms with Crippen molar-refractivity contribution in [3.8, 4) is 0 Å². The van der Waals surface area contributed by atoms with E-state index in [1.807, 2.05) is 19.1 Å². The van der Waals surface area contributed by atoms with Gasteiger partial charge in [-0.15, -0.1) is 11.6 Å². The van der Waals surface area contributed by atoms with Gasteiger partial charge in [0.05, 0.1) is 7.11 Å². The Hall–Kier alpha value is -1.02. The molecule has 1 rings (SSSR count). The minimum atomic E-state index is -0.719. The molecule has 0 aliphatic carbocycles. The van der Waals surface area contributed by atoms with Crippen LogP contribution in [0.3, 0.4) is 0 Å². The molecule has 0 aliphatic heterocycles. The molecule has 0 saturated carbocycles. The van der Waals surface area contributed by atoms with Crippen LogP contribution in [0, 0.1) is 6.92 Å². The van der Waals surface area contributed by atoms with Gasteiger partial charge >= 0.3 is 5.97 Å². The lowest BCUT2D eigenvalue weighted by atomic mass is 9.96. The summed E-state index contributed by atoms with van der Waals surface area (Å²) < 4.78 is 4.65. The second kappa shape index (κ2) is 5.35. The number of hydrogen-bond donors (Lipinski definition) is 0. The fourth-order valence-corrected chi connectivity index (χ4v) is 1.85. The van der Waals surface area contributed by atoms with Crippen LogP contribution in [0.15, 0.2) is 18.2 Å². The zero-order valence-electron chi connectivity index (χ0n) is 10.1. The van der Waals surface area contributed by atoms with E-state index in [2.05, 4.69) is 24.7 Å². The van der Waals surface area contributed by atoms with Gasteiger partial charge in [0.2, 0.25) is 0 Å². The molecule has 0 radical (unpaired) electrons. The summed E-state index contributed by atoms with van der Waals surface area (Å²) in [7, 11) is 1.35. The lowest BCUT2D eigenvalue weighted by Gasteiger charge is -2.14. The zero-order valence-corrected chi connectivity index (χ0v) is 10.8. The minimum absolute atomic E-state index is 0.411. The molecule has 88 valence electrons. The second-order valence-electron chi connectivity index (χ2n) is 4.16. The topological polar surface area (TPSA) is 26.3 Å². The first kappa shape index (κ1) is 13.0. The highest BCUT2D eigenvalue weighted by molar-refractivity contribution is 6.30. The number of ether oxygens (including phenoxy) is 1. The van der Waals surface area contributed by atoms with Crippen molar-refractivity contribution in [3.05, 3.63) is 34.9 Å². The summed E-state index contributed by atoms with van der Waals surface area (Å²) in [6.45, 7) is 6.16. The van der Waals surface area contributed by atoms with Gasteiger partial charge in [-0.2, -0.15) is 0 Å².